The number of rotatable bonds is 13. The fraction of sp³-hybridized carbons (Fsp3) is 0.297. The molecule has 2 amide bonds. The molecule has 0 aliphatic carbocycles. The number of hydrogen-bond donors (Lipinski definition) is 1. The monoisotopic (exact) mass is 641 g/mol. The standard InChI is InChI=1S/C37H43N3O5S/c1-6-45-34-24-16-15-23-32(34)40(46(43,44)31-21-11-8-12-22-31)27-35(41)39(26-30-20-14-13-17-28(30)2)33(36(42)38-37(3,4)5)25-29-18-9-7-10-19-29/h7-24,33H,6,25-27H2,1-5H3,(H,38,42)/t33-/m0/s1. The van der Waals surface area contributed by atoms with Crippen LogP contribution in [0.25, 0.3) is 0 Å². The van der Waals surface area contributed by atoms with Crippen molar-refractivity contribution in [3.63, 3.8) is 0 Å². The number of aryl methyl sites for hydroxylation is 1. The van der Waals surface area contributed by atoms with Crippen molar-refractivity contribution in [2.45, 2.75) is 64.1 Å². The first-order chi connectivity index (χ1) is 21.9. The molecule has 4 rings (SSSR count). The van der Waals surface area contributed by atoms with E-state index < -0.39 is 34.1 Å². The van der Waals surface area contributed by atoms with E-state index in [1.807, 2.05) is 89.2 Å². The molecular formula is C37H43N3O5S. The summed E-state index contributed by atoms with van der Waals surface area (Å²) >= 11 is 0. The third-order valence-electron chi connectivity index (χ3n) is 7.42. The van der Waals surface area contributed by atoms with E-state index in [2.05, 4.69) is 5.32 Å². The van der Waals surface area contributed by atoms with Gasteiger partial charge in [-0.15, -0.1) is 0 Å². The number of para-hydroxylation sites is 2. The average molecular weight is 642 g/mol. The lowest BCUT2D eigenvalue weighted by molar-refractivity contribution is -0.140. The van der Waals surface area contributed by atoms with Gasteiger partial charge in [-0.05, 0) is 75.6 Å². The van der Waals surface area contributed by atoms with E-state index in [0.717, 1.165) is 21.0 Å². The second kappa shape index (κ2) is 15.1. The summed E-state index contributed by atoms with van der Waals surface area (Å²) in [5.41, 5.74) is 2.34. The van der Waals surface area contributed by atoms with Crippen molar-refractivity contribution in [1.82, 2.24) is 10.2 Å². The minimum atomic E-state index is -4.23. The molecule has 1 atom stereocenters. The minimum Gasteiger partial charge on any atom is -0.492 e. The predicted molar refractivity (Wildman–Crippen MR) is 182 cm³/mol. The normalized spacial score (nSPS) is 12.2. The van der Waals surface area contributed by atoms with Gasteiger partial charge in [-0.3, -0.25) is 13.9 Å². The number of hydrogen-bond acceptors (Lipinski definition) is 5. The van der Waals surface area contributed by atoms with Gasteiger partial charge in [-0.1, -0.05) is 84.9 Å². The molecule has 0 aliphatic heterocycles. The molecular weight excluding hydrogens is 598 g/mol. The number of amides is 2. The van der Waals surface area contributed by atoms with Gasteiger partial charge in [0.05, 0.1) is 17.2 Å². The fourth-order valence-corrected chi connectivity index (χ4v) is 6.60. The number of nitrogens with zero attached hydrogens (tertiary/aromatic N) is 2. The van der Waals surface area contributed by atoms with Crippen molar-refractivity contribution in [3.05, 3.63) is 126 Å². The first-order valence-corrected chi connectivity index (χ1v) is 16.8. The van der Waals surface area contributed by atoms with E-state index >= 15 is 0 Å². The molecule has 0 bridgehead atoms. The summed E-state index contributed by atoms with van der Waals surface area (Å²) in [6.07, 6.45) is 0.237. The molecule has 0 heterocycles. The Morgan fingerprint density at radius 2 is 1.41 bits per heavy atom. The lowest BCUT2D eigenvalue weighted by Crippen LogP contribution is -2.56. The van der Waals surface area contributed by atoms with Crippen LogP contribution in [0.3, 0.4) is 0 Å². The van der Waals surface area contributed by atoms with E-state index in [1.54, 1.807) is 42.5 Å². The molecule has 4 aromatic rings. The Morgan fingerprint density at radius 3 is 2.04 bits per heavy atom. The molecule has 242 valence electrons. The van der Waals surface area contributed by atoms with Gasteiger partial charge in [0.15, 0.2) is 0 Å². The maximum absolute atomic E-state index is 14.7. The Labute approximate surface area is 273 Å². The molecule has 0 aliphatic rings. The summed E-state index contributed by atoms with van der Waals surface area (Å²) in [4.78, 5) is 30.3. The van der Waals surface area contributed by atoms with Crippen LogP contribution in [0.4, 0.5) is 5.69 Å². The minimum absolute atomic E-state index is 0.0332. The van der Waals surface area contributed by atoms with E-state index in [4.69, 9.17) is 4.74 Å². The third-order valence-corrected chi connectivity index (χ3v) is 9.19. The van der Waals surface area contributed by atoms with Crippen molar-refractivity contribution in [3.8, 4) is 5.75 Å². The molecule has 0 spiro atoms. The number of nitrogens with one attached hydrogen (secondary N) is 1. The van der Waals surface area contributed by atoms with Gasteiger partial charge in [0.25, 0.3) is 10.0 Å². The first-order valence-electron chi connectivity index (χ1n) is 15.4. The van der Waals surface area contributed by atoms with Crippen LogP contribution < -0.4 is 14.4 Å². The van der Waals surface area contributed by atoms with E-state index in [9.17, 15) is 18.0 Å². The molecule has 46 heavy (non-hydrogen) atoms. The molecule has 1 N–H and O–H groups in total. The van der Waals surface area contributed by atoms with Crippen molar-refractivity contribution < 1.29 is 22.7 Å². The van der Waals surface area contributed by atoms with Crippen LogP contribution in [0.2, 0.25) is 0 Å². The van der Waals surface area contributed by atoms with Crippen molar-refractivity contribution >= 4 is 27.5 Å². The smallest absolute Gasteiger partial charge is 0.264 e. The van der Waals surface area contributed by atoms with Crippen LogP contribution in [0.5, 0.6) is 5.75 Å². The maximum Gasteiger partial charge on any atom is 0.264 e. The number of anilines is 1. The molecule has 0 unspecified atom stereocenters. The van der Waals surface area contributed by atoms with Gasteiger partial charge in [-0.2, -0.15) is 0 Å². The fourth-order valence-electron chi connectivity index (χ4n) is 5.15. The predicted octanol–water partition coefficient (Wildman–Crippen LogP) is 6.14. The Kier molecular flexibility index (Phi) is 11.2. The summed E-state index contributed by atoms with van der Waals surface area (Å²) in [6, 6.07) is 31.0. The van der Waals surface area contributed by atoms with Crippen LogP contribution in [0, 0.1) is 6.92 Å². The van der Waals surface area contributed by atoms with Crippen molar-refractivity contribution in [1.29, 1.82) is 0 Å². The molecule has 0 aromatic heterocycles. The van der Waals surface area contributed by atoms with Gasteiger partial charge in [0.1, 0.15) is 18.3 Å². The Bertz CT molecular complexity index is 1720. The van der Waals surface area contributed by atoms with Crippen molar-refractivity contribution in [2.24, 2.45) is 0 Å². The van der Waals surface area contributed by atoms with Gasteiger partial charge in [0, 0.05) is 18.5 Å². The van der Waals surface area contributed by atoms with Crippen LogP contribution in [-0.4, -0.2) is 49.9 Å². The summed E-state index contributed by atoms with van der Waals surface area (Å²) in [6.45, 7) is 9.27. The quantitative estimate of drug-likeness (QED) is 0.189. The van der Waals surface area contributed by atoms with Gasteiger partial charge in [0.2, 0.25) is 11.8 Å². The number of carbonyl (C=O) groups excluding carboxylic acids is 2. The van der Waals surface area contributed by atoms with Gasteiger partial charge < -0.3 is 15.0 Å². The highest BCUT2D eigenvalue weighted by molar-refractivity contribution is 7.92. The zero-order valence-electron chi connectivity index (χ0n) is 27.1. The van der Waals surface area contributed by atoms with Crippen LogP contribution in [0.1, 0.15) is 44.4 Å². The second-order valence-electron chi connectivity index (χ2n) is 12.1. The lowest BCUT2D eigenvalue weighted by atomic mass is 10.00. The summed E-state index contributed by atoms with van der Waals surface area (Å²) < 4.78 is 35.4. The Morgan fingerprint density at radius 1 is 0.826 bits per heavy atom. The molecule has 9 heteroatoms. The topological polar surface area (TPSA) is 96.0 Å². The SMILES string of the molecule is CCOc1ccccc1N(CC(=O)N(Cc1ccccc1C)[C@@H](Cc1ccccc1)C(=O)NC(C)(C)C)S(=O)(=O)c1ccccc1. The number of carbonyl (C=O) groups is 2. The summed E-state index contributed by atoms with van der Waals surface area (Å²) in [5.74, 6) is -0.529. The average Bonchev–Trinajstić information content (AvgIpc) is 3.03. The molecule has 0 radical (unpaired) electrons. The summed E-state index contributed by atoms with van der Waals surface area (Å²) in [5, 5.41) is 3.06. The Hall–Kier alpha value is -4.63. The summed E-state index contributed by atoms with van der Waals surface area (Å²) in [7, 11) is -4.23. The maximum atomic E-state index is 14.7. The molecule has 8 nitrogen and oxygen atoms in total. The van der Waals surface area contributed by atoms with E-state index in [-0.39, 0.29) is 29.5 Å². The van der Waals surface area contributed by atoms with Crippen molar-refractivity contribution in [2.75, 3.05) is 17.5 Å². The number of ether oxygens (including phenoxy) is 1. The van der Waals surface area contributed by atoms with Crippen LogP contribution in [-0.2, 0) is 32.6 Å². The first kappa shape index (κ1) is 34.2. The molecule has 0 saturated heterocycles. The number of sulfonamides is 1. The molecule has 0 fully saturated rings. The number of benzene rings is 4. The zero-order valence-corrected chi connectivity index (χ0v) is 28.0. The van der Waals surface area contributed by atoms with E-state index in [0.29, 0.717) is 12.4 Å². The Balaban J connectivity index is 1.85. The third kappa shape index (κ3) is 8.75. The second-order valence-corrected chi connectivity index (χ2v) is 14.0. The van der Waals surface area contributed by atoms with Crippen LogP contribution >= 0.6 is 0 Å². The van der Waals surface area contributed by atoms with Gasteiger partial charge in [-0.25, -0.2) is 8.42 Å². The zero-order chi connectivity index (χ0) is 33.3. The largest absolute Gasteiger partial charge is 0.492 e. The highest BCUT2D eigenvalue weighted by Gasteiger charge is 2.36. The molecule has 0 saturated carbocycles. The highest BCUT2D eigenvalue weighted by atomic mass is 32.2. The highest BCUT2D eigenvalue weighted by Crippen LogP contribution is 2.33. The lowest BCUT2D eigenvalue weighted by Gasteiger charge is -2.35. The van der Waals surface area contributed by atoms with Gasteiger partial charge >= 0.3 is 0 Å². The molecule has 4 aromatic carbocycles. The van der Waals surface area contributed by atoms with E-state index in [1.165, 1.54) is 17.0 Å². The van der Waals surface area contributed by atoms with Crippen LogP contribution in [0.15, 0.2) is 114 Å².